The number of halogens is 3. The number of carboxylic acid groups (broad SMARTS) is 1. The van der Waals surface area contributed by atoms with Crippen molar-refractivity contribution in [1.29, 1.82) is 0 Å². The van der Waals surface area contributed by atoms with Gasteiger partial charge in [-0.15, -0.1) is 0 Å². The molecule has 0 unspecified atom stereocenters. The quantitative estimate of drug-likeness (QED) is 0.872. The van der Waals surface area contributed by atoms with E-state index in [4.69, 9.17) is 5.11 Å². The molecule has 2 rings (SSSR count). The first kappa shape index (κ1) is 15.1. The zero-order chi connectivity index (χ0) is 15.8. The number of benzene rings is 2. The van der Waals surface area contributed by atoms with Crippen LogP contribution in [0.1, 0.15) is 27.0 Å². The van der Waals surface area contributed by atoms with Gasteiger partial charge < -0.3 is 5.11 Å². The van der Waals surface area contributed by atoms with E-state index in [-0.39, 0.29) is 0 Å². The normalized spacial score (nSPS) is 11.5. The largest absolute Gasteiger partial charge is 0.478 e. The summed E-state index contributed by atoms with van der Waals surface area (Å²) in [6.45, 7) is 3.65. The van der Waals surface area contributed by atoms with Crippen LogP contribution in [0.15, 0.2) is 36.4 Å². The van der Waals surface area contributed by atoms with E-state index in [1.165, 1.54) is 6.07 Å². The van der Waals surface area contributed by atoms with Gasteiger partial charge in [0.2, 0.25) is 0 Å². The maximum atomic E-state index is 13.0. The molecule has 0 fully saturated rings. The summed E-state index contributed by atoms with van der Waals surface area (Å²) in [5.41, 5.74) is 0.902. The van der Waals surface area contributed by atoms with Crippen LogP contribution in [0.3, 0.4) is 0 Å². The molecule has 1 N–H and O–H groups in total. The molecule has 0 radical (unpaired) electrons. The van der Waals surface area contributed by atoms with Crippen molar-refractivity contribution in [3.05, 3.63) is 58.7 Å². The van der Waals surface area contributed by atoms with Crippen molar-refractivity contribution in [2.75, 3.05) is 0 Å². The van der Waals surface area contributed by atoms with E-state index in [1.807, 2.05) is 19.1 Å². The predicted molar refractivity (Wildman–Crippen MR) is 73.3 cm³/mol. The van der Waals surface area contributed by atoms with Gasteiger partial charge in [0, 0.05) is 0 Å². The number of carbonyl (C=O) groups is 1. The Hall–Kier alpha value is -2.30. The standard InChI is InChI=1S/C16H13F3O2/c1-9-3-4-10(2)13(7-9)11-5-6-12(15(20)21)14(8-11)16(17,18)19/h3-8H,1-2H3,(H,20,21). The fourth-order valence-electron chi connectivity index (χ4n) is 2.18. The van der Waals surface area contributed by atoms with Crippen LogP contribution in [-0.4, -0.2) is 11.1 Å². The highest BCUT2D eigenvalue weighted by Gasteiger charge is 2.35. The fourth-order valence-corrected chi connectivity index (χ4v) is 2.18. The third kappa shape index (κ3) is 3.07. The van der Waals surface area contributed by atoms with Crippen molar-refractivity contribution >= 4 is 5.97 Å². The highest BCUT2D eigenvalue weighted by molar-refractivity contribution is 5.90. The number of carboxylic acids is 1. The topological polar surface area (TPSA) is 37.3 Å². The zero-order valence-corrected chi connectivity index (χ0v) is 11.5. The molecule has 0 spiro atoms. The van der Waals surface area contributed by atoms with E-state index in [9.17, 15) is 18.0 Å². The number of rotatable bonds is 2. The van der Waals surface area contributed by atoms with Gasteiger partial charge in [-0.3, -0.25) is 0 Å². The van der Waals surface area contributed by atoms with Crippen LogP contribution in [0, 0.1) is 13.8 Å². The first-order valence-electron chi connectivity index (χ1n) is 6.22. The Bertz CT molecular complexity index is 703. The maximum absolute atomic E-state index is 13.0. The third-order valence-corrected chi connectivity index (χ3v) is 3.26. The fraction of sp³-hybridized carbons (Fsp3) is 0.188. The van der Waals surface area contributed by atoms with E-state index in [0.29, 0.717) is 11.1 Å². The van der Waals surface area contributed by atoms with Gasteiger partial charge in [-0.05, 0) is 42.7 Å². The predicted octanol–water partition coefficient (Wildman–Crippen LogP) is 4.69. The van der Waals surface area contributed by atoms with Crippen LogP contribution in [0.25, 0.3) is 11.1 Å². The molecular weight excluding hydrogens is 281 g/mol. The molecule has 110 valence electrons. The Morgan fingerprint density at radius 1 is 1.05 bits per heavy atom. The van der Waals surface area contributed by atoms with Crippen molar-refractivity contribution in [3.8, 4) is 11.1 Å². The summed E-state index contributed by atoms with van der Waals surface area (Å²) < 4.78 is 39.1. The average molecular weight is 294 g/mol. The number of hydrogen-bond acceptors (Lipinski definition) is 1. The first-order valence-corrected chi connectivity index (χ1v) is 6.22. The second-order valence-electron chi connectivity index (χ2n) is 4.88. The van der Waals surface area contributed by atoms with Gasteiger partial charge in [0.1, 0.15) is 0 Å². The molecular formula is C16H13F3O2. The van der Waals surface area contributed by atoms with E-state index in [0.717, 1.165) is 23.3 Å². The summed E-state index contributed by atoms with van der Waals surface area (Å²) >= 11 is 0. The SMILES string of the molecule is Cc1ccc(C)c(-c2ccc(C(=O)O)c(C(F)(F)F)c2)c1. The van der Waals surface area contributed by atoms with Crippen LogP contribution in [0.4, 0.5) is 13.2 Å². The van der Waals surface area contributed by atoms with Gasteiger partial charge >= 0.3 is 12.1 Å². The molecule has 2 nitrogen and oxygen atoms in total. The van der Waals surface area contributed by atoms with Crippen molar-refractivity contribution in [1.82, 2.24) is 0 Å². The summed E-state index contributed by atoms with van der Waals surface area (Å²) in [5.74, 6) is -1.59. The molecule has 0 aliphatic heterocycles. The lowest BCUT2D eigenvalue weighted by Gasteiger charge is -2.14. The molecule has 0 atom stereocenters. The highest BCUT2D eigenvalue weighted by Crippen LogP contribution is 2.36. The monoisotopic (exact) mass is 294 g/mol. The molecule has 5 heteroatoms. The summed E-state index contributed by atoms with van der Waals surface area (Å²) in [6.07, 6.45) is -4.71. The summed E-state index contributed by atoms with van der Waals surface area (Å²) in [6, 6.07) is 8.78. The molecule has 0 bridgehead atoms. The lowest BCUT2D eigenvalue weighted by Crippen LogP contribution is -2.13. The summed E-state index contributed by atoms with van der Waals surface area (Å²) in [5, 5.41) is 8.89. The van der Waals surface area contributed by atoms with Gasteiger partial charge in [-0.25, -0.2) is 4.79 Å². The van der Waals surface area contributed by atoms with Crippen LogP contribution in [0.5, 0.6) is 0 Å². The Labute approximate surface area is 119 Å². The number of alkyl halides is 3. The van der Waals surface area contributed by atoms with Crippen molar-refractivity contribution in [2.45, 2.75) is 20.0 Å². The van der Waals surface area contributed by atoms with Crippen molar-refractivity contribution in [2.24, 2.45) is 0 Å². The smallest absolute Gasteiger partial charge is 0.417 e. The van der Waals surface area contributed by atoms with Crippen LogP contribution >= 0.6 is 0 Å². The maximum Gasteiger partial charge on any atom is 0.417 e. The molecule has 0 aliphatic carbocycles. The minimum Gasteiger partial charge on any atom is -0.478 e. The Morgan fingerprint density at radius 2 is 1.71 bits per heavy atom. The molecule has 0 aliphatic rings. The Kier molecular flexibility index (Phi) is 3.77. The van der Waals surface area contributed by atoms with Crippen molar-refractivity contribution in [3.63, 3.8) is 0 Å². The minimum atomic E-state index is -4.71. The van der Waals surface area contributed by atoms with Gasteiger partial charge in [-0.1, -0.05) is 29.8 Å². The van der Waals surface area contributed by atoms with E-state index >= 15 is 0 Å². The molecule has 2 aromatic carbocycles. The van der Waals surface area contributed by atoms with E-state index in [2.05, 4.69) is 0 Å². The molecule has 0 saturated heterocycles. The van der Waals surface area contributed by atoms with E-state index in [1.54, 1.807) is 13.0 Å². The van der Waals surface area contributed by atoms with Gasteiger partial charge in [0.25, 0.3) is 0 Å². The van der Waals surface area contributed by atoms with Gasteiger partial charge in [0.15, 0.2) is 0 Å². The molecule has 0 amide bonds. The number of aryl methyl sites for hydroxylation is 2. The Morgan fingerprint density at radius 3 is 2.29 bits per heavy atom. The second kappa shape index (κ2) is 5.24. The molecule has 21 heavy (non-hydrogen) atoms. The molecule has 2 aromatic rings. The lowest BCUT2D eigenvalue weighted by atomic mass is 9.95. The first-order chi connectivity index (χ1) is 9.70. The summed E-state index contributed by atoms with van der Waals surface area (Å²) in [4.78, 5) is 10.9. The highest BCUT2D eigenvalue weighted by atomic mass is 19.4. The lowest BCUT2D eigenvalue weighted by molar-refractivity contribution is -0.138. The average Bonchev–Trinajstić information content (AvgIpc) is 2.40. The van der Waals surface area contributed by atoms with Gasteiger partial charge in [-0.2, -0.15) is 13.2 Å². The molecule has 0 heterocycles. The van der Waals surface area contributed by atoms with E-state index < -0.39 is 23.3 Å². The molecule has 0 saturated carbocycles. The van der Waals surface area contributed by atoms with Crippen LogP contribution in [-0.2, 0) is 6.18 Å². The van der Waals surface area contributed by atoms with Crippen LogP contribution < -0.4 is 0 Å². The van der Waals surface area contributed by atoms with Crippen molar-refractivity contribution < 1.29 is 23.1 Å². The Balaban J connectivity index is 2.67. The number of hydrogen-bond donors (Lipinski definition) is 1. The second-order valence-corrected chi connectivity index (χ2v) is 4.88. The number of aromatic carboxylic acids is 1. The zero-order valence-electron chi connectivity index (χ0n) is 11.5. The minimum absolute atomic E-state index is 0.355. The van der Waals surface area contributed by atoms with Crippen LogP contribution in [0.2, 0.25) is 0 Å². The van der Waals surface area contributed by atoms with Gasteiger partial charge in [0.05, 0.1) is 11.1 Å². The third-order valence-electron chi connectivity index (χ3n) is 3.26. The molecule has 0 aromatic heterocycles. The summed E-state index contributed by atoms with van der Waals surface area (Å²) in [7, 11) is 0.